The first kappa shape index (κ1) is 10.2. The lowest BCUT2D eigenvalue weighted by Crippen LogP contribution is -1.91. The van der Waals surface area contributed by atoms with E-state index in [9.17, 15) is 0 Å². The molecule has 1 heterocycles. The van der Waals surface area contributed by atoms with Crippen LogP contribution in [-0.4, -0.2) is 12.1 Å². The predicted molar refractivity (Wildman–Crippen MR) is 54.8 cm³/mol. The average molecular weight is 250 g/mol. The molecule has 0 aromatic carbocycles. The molecular weight excluding hydrogens is 238 g/mol. The van der Waals surface area contributed by atoms with Gasteiger partial charge in [0.2, 0.25) is 0 Å². The van der Waals surface area contributed by atoms with Crippen molar-refractivity contribution in [3.8, 4) is 0 Å². The van der Waals surface area contributed by atoms with E-state index in [2.05, 4.69) is 27.8 Å². The van der Waals surface area contributed by atoms with Crippen molar-refractivity contribution in [1.29, 1.82) is 0 Å². The first-order valence-corrected chi connectivity index (χ1v) is 5.78. The maximum absolute atomic E-state index is 5.05. The summed E-state index contributed by atoms with van der Waals surface area (Å²) in [7, 11) is 1.70. The Bertz CT molecular complexity index is 249. The summed E-state index contributed by atoms with van der Waals surface area (Å²) in [6, 6.07) is 0. The maximum atomic E-state index is 5.05. The maximum Gasteiger partial charge on any atom is 0.0929 e. The van der Waals surface area contributed by atoms with Gasteiger partial charge in [-0.15, -0.1) is 11.3 Å². The van der Waals surface area contributed by atoms with E-state index in [0.29, 0.717) is 6.61 Å². The van der Waals surface area contributed by atoms with Gasteiger partial charge >= 0.3 is 0 Å². The zero-order valence-electron chi connectivity index (χ0n) is 7.26. The second-order valence-corrected chi connectivity index (χ2v) is 4.13. The van der Waals surface area contributed by atoms with Crippen LogP contribution in [0.1, 0.15) is 22.5 Å². The van der Waals surface area contributed by atoms with Gasteiger partial charge in [0.15, 0.2) is 0 Å². The second-order valence-electron chi connectivity index (χ2n) is 2.40. The minimum absolute atomic E-state index is 0.622. The van der Waals surface area contributed by atoms with Gasteiger partial charge in [0, 0.05) is 17.3 Å². The number of methoxy groups -OCH3 is 1. The molecule has 0 fully saturated rings. The van der Waals surface area contributed by atoms with Crippen LogP contribution in [-0.2, 0) is 23.1 Å². The first-order valence-electron chi connectivity index (χ1n) is 3.84. The van der Waals surface area contributed by atoms with Gasteiger partial charge < -0.3 is 4.74 Å². The summed E-state index contributed by atoms with van der Waals surface area (Å²) in [5, 5.41) is 2.07. The highest BCUT2D eigenvalue weighted by atomic mass is 79.9. The van der Waals surface area contributed by atoms with Crippen molar-refractivity contribution in [2.24, 2.45) is 0 Å². The van der Waals surface area contributed by atoms with Crippen molar-refractivity contribution in [1.82, 2.24) is 4.98 Å². The van der Waals surface area contributed by atoms with E-state index >= 15 is 0 Å². The number of alkyl halides is 1. The summed E-state index contributed by atoms with van der Waals surface area (Å²) >= 11 is 5.20. The van der Waals surface area contributed by atoms with Gasteiger partial charge in [-0.3, -0.25) is 0 Å². The van der Waals surface area contributed by atoms with Crippen LogP contribution in [0.2, 0.25) is 0 Å². The highest BCUT2D eigenvalue weighted by Crippen LogP contribution is 2.22. The lowest BCUT2D eigenvalue weighted by molar-refractivity contribution is 0.181. The van der Waals surface area contributed by atoms with Crippen LogP contribution in [0.5, 0.6) is 0 Å². The molecule has 0 saturated heterocycles. The number of halogens is 1. The Morgan fingerprint density at radius 2 is 2.33 bits per heavy atom. The molecule has 0 unspecified atom stereocenters. The van der Waals surface area contributed by atoms with Gasteiger partial charge in [-0.1, -0.05) is 22.9 Å². The van der Waals surface area contributed by atoms with Crippen molar-refractivity contribution in [3.63, 3.8) is 0 Å². The summed E-state index contributed by atoms with van der Waals surface area (Å²) < 4.78 is 5.05. The molecule has 4 heteroatoms. The molecule has 1 aromatic rings. The molecule has 0 aliphatic carbocycles. The largest absolute Gasteiger partial charge is 0.378 e. The molecule has 0 saturated carbocycles. The zero-order valence-corrected chi connectivity index (χ0v) is 9.67. The van der Waals surface area contributed by atoms with E-state index in [0.717, 1.165) is 17.4 Å². The fourth-order valence-corrected chi connectivity index (χ4v) is 2.47. The molecule has 2 nitrogen and oxygen atoms in total. The molecule has 0 aliphatic rings. The van der Waals surface area contributed by atoms with Gasteiger partial charge in [-0.05, 0) is 6.42 Å². The van der Waals surface area contributed by atoms with Crippen LogP contribution in [0.4, 0.5) is 0 Å². The van der Waals surface area contributed by atoms with E-state index in [1.54, 1.807) is 18.4 Å². The summed E-state index contributed by atoms with van der Waals surface area (Å²) in [6.45, 7) is 2.74. The number of aromatic nitrogens is 1. The standard InChI is InChI=1S/C8H12BrNOS/c1-3-8-10-6(5-11-2)7(4-9)12-8/h3-5H2,1-2H3. The van der Waals surface area contributed by atoms with E-state index in [1.807, 2.05) is 0 Å². The van der Waals surface area contributed by atoms with Gasteiger partial charge in [0.25, 0.3) is 0 Å². The number of nitrogens with zero attached hydrogens (tertiary/aromatic N) is 1. The van der Waals surface area contributed by atoms with Crippen LogP contribution >= 0.6 is 27.3 Å². The predicted octanol–water partition coefficient (Wildman–Crippen LogP) is 2.75. The van der Waals surface area contributed by atoms with Crippen LogP contribution in [0.15, 0.2) is 0 Å². The fourth-order valence-electron chi connectivity index (χ4n) is 0.942. The third-order valence-corrected chi connectivity index (χ3v) is 3.70. The van der Waals surface area contributed by atoms with E-state index in [4.69, 9.17) is 4.74 Å². The molecule has 1 aromatic heterocycles. The number of aryl methyl sites for hydroxylation is 1. The number of hydrogen-bond donors (Lipinski definition) is 0. The lowest BCUT2D eigenvalue weighted by atomic mass is 10.4. The number of hydrogen-bond acceptors (Lipinski definition) is 3. The smallest absolute Gasteiger partial charge is 0.0929 e. The van der Waals surface area contributed by atoms with Crippen molar-refractivity contribution in [3.05, 3.63) is 15.6 Å². The summed E-state index contributed by atoms with van der Waals surface area (Å²) in [6.07, 6.45) is 1.01. The third-order valence-electron chi connectivity index (χ3n) is 1.53. The minimum atomic E-state index is 0.622. The Morgan fingerprint density at radius 3 is 2.83 bits per heavy atom. The van der Waals surface area contributed by atoms with E-state index in [1.165, 1.54) is 9.88 Å². The van der Waals surface area contributed by atoms with Gasteiger partial charge in [0.05, 0.1) is 17.3 Å². The van der Waals surface area contributed by atoms with Gasteiger partial charge in [0.1, 0.15) is 0 Å². The summed E-state index contributed by atoms with van der Waals surface area (Å²) in [4.78, 5) is 5.74. The van der Waals surface area contributed by atoms with Crippen LogP contribution < -0.4 is 0 Å². The minimum Gasteiger partial charge on any atom is -0.378 e. The molecular formula is C8H12BrNOS. The summed E-state index contributed by atoms with van der Waals surface area (Å²) in [5.41, 5.74) is 1.08. The summed E-state index contributed by atoms with van der Waals surface area (Å²) in [5.74, 6) is 0. The zero-order chi connectivity index (χ0) is 8.97. The van der Waals surface area contributed by atoms with Gasteiger partial charge in [-0.2, -0.15) is 0 Å². The van der Waals surface area contributed by atoms with E-state index in [-0.39, 0.29) is 0 Å². The highest BCUT2D eigenvalue weighted by molar-refractivity contribution is 9.08. The second kappa shape index (κ2) is 4.94. The Hall–Kier alpha value is 0.0700. The number of rotatable bonds is 4. The molecule has 12 heavy (non-hydrogen) atoms. The third kappa shape index (κ3) is 2.28. The molecule has 0 spiro atoms. The normalized spacial score (nSPS) is 10.6. The number of thiazole rings is 1. The molecule has 0 amide bonds. The average Bonchev–Trinajstić information content (AvgIpc) is 2.48. The van der Waals surface area contributed by atoms with Crippen molar-refractivity contribution < 1.29 is 4.74 Å². The van der Waals surface area contributed by atoms with Crippen LogP contribution in [0.3, 0.4) is 0 Å². The quantitative estimate of drug-likeness (QED) is 0.766. The number of ether oxygens (including phenoxy) is 1. The Kier molecular flexibility index (Phi) is 4.18. The Labute approximate surface area is 85.1 Å². The Morgan fingerprint density at radius 1 is 1.58 bits per heavy atom. The molecule has 0 aliphatic heterocycles. The Balaban J connectivity index is 2.84. The lowest BCUT2D eigenvalue weighted by Gasteiger charge is -1.95. The van der Waals surface area contributed by atoms with Crippen molar-refractivity contribution >= 4 is 27.3 Å². The molecule has 0 atom stereocenters. The van der Waals surface area contributed by atoms with E-state index < -0.39 is 0 Å². The molecule has 0 radical (unpaired) electrons. The molecule has 1 rings (SSSR count). The monoisotopic (exact) mass is 249 g/mol. The fraction of sp³-hybridized carbons (Fsp3) is 0.625. The molecule has 0 bridgehead atoms. The van der Waals surface area contributed by atoms with Crippen molar-refractivity contribution in [2.75, 3.05) is 7.11 Å². The SMILES string of the molecule is CCc1nc(COC)c(CBr)s1. The van der Waals surface area contributed by atoms with Crippen molar-refractivity contribution in [2.45, 2.75) is 25.3 Å². The first-order chi connectivity index (χ1) is 5.81. The van der Waals surface area contributed by atoms with Gasteiger partial charge in [-0.25, -0.2) is 4.98 Å². The highest BCUT2D eigenvalue weighted by Gasteiger charge is 2.07. The topological polar surface area (TPSA) is 22.1 Å². The molecule has 68 valence electrons. The molecule has 0 N–H and O–H groups in total. The van der Waals surface area contributed by atoms with Crippen LogP contribution in [0, 0.1) is 0 Å². The van der Waals surface area contributed by atoms with Crippen LogP contribution in [0.25, 0.3) is 0 Å².